The number of hydrazine groups is 1. The van der Waals surface area contributed by atoms with Crippen LogP contribution in [-0.2, 0) is 0 Å². The predicted molar refractivity (Wildman–Crippen MR) is 92.3 cm³/mol. The summed E-state index contributed by atoms with van der Waals surface area (Å²) >= 11 is 0. The van der Waals surface area contributed by atoms with Crippen LogP contribution in [0.1, 0.15) is 80.1 Å². The van der Waals surface area contributed by atoms with E-state index >= 15 is 0 Å². The Labute approximate surface area is 137 Å². The first-order valence-corrected chi connectivity index (χ1v) is 9.64. The maximum atomic E-state index is 3.85. The molecule has 22 heavy (non-hydrogen) atoms. The summed E-state index contributed by atoms with van der Waals surface area (Å²) in [6.07, 6.45) is 8.43. The van der Waals surface area contributed by atoms with Crippen molar-refractivity contribution >= 4 is 0 Å². The Morgan fingerprint density at radius 1 is 0.636 bits per heavy atom. The summed E-state index contributed by atoms with van der Waals surface area (Å²) in [5, 5.41) is 0. The monoisotopic (exact) mass is 304 g/mol. The zero-order chi connectivity index (χ0) is 16.0. The quantitative estimate of drug-likeness (QED) is 0.750. The lowest BCUT2D eigenvalue weighted by Crippen LogP contribution is -2.56. The van der Waals surface area contributed by atoms with E-state index in [1.807, 2.05) is 0 Å². The third-order valence-electron chi connectivity index (χ3n) is 10.0. The standard InChI is InChI=1S/C20H36N2/c1-17(2)13-7-9-19(17,5)15(11-13)21-22-16-12-14-8-10-20(16,6)18(14,3)4/h13-16,21-22H,7-12H2,1-6H3. The molecular weight excluding hydrogens is 268 g/mol. The topological polar surface area (TPSA) is 24.1 Å². The largest absolute Gasteiger partial charge is 0.254 e. The summed E-state index contributed by atoms with van der Waals surface area (Å²) < 4.78 is 0. The zero-order valence-corrected chi connectivity index (χ0v) is 15.6. The molecule has 0 radical (unpaired) electrons. The van der Waals surface area contributed by atoms with Crippen LogP contribution in [0.15, 0.2) is 0 Å². The minimum absolute atomic E-state index is 0.471. The molecule has 4 saturated carbocycles. The second kappa shape index (κ2) is 4.30. The highest BCUT2D eigenvalue weighted by Gasteiger charge is 2.63. The van der Waals surface area contributed by atoms with Crippen LogP contribution in [-0.4, -0.2) is 12.1 Å². The highest BCUT2D eigenvalue weighted by atomic mass is 15.4. The highest BCUT2D eigenvalue weighted by molar-refractivity contribution is 5.15. The van der Waals surface area contributed by atoms with Crippen molar-refractivity contribution in [3.63, 3.8) is 0 Å². The number of rotatable bonds is 3. The van der Waals surface area contributed by atoms with Crippen molar-refractivity contribution in [1.29, 1.82) is 0 Å². The minimum atomic E-state index is 0.471. The lowest BCUT2D eigenvalue weighted by molar-refractivity contribution is 0.0826. The molecule has 0 amide bonds. The fraction of sp³-hybridized carbons (Fsp3) is 1.00. The van der Waals surface area contributed by atoms with Crippen molar-refractivity contribution in [3.8, 4) is 0 Å². The van der Waals surface area contributed by atoms with Crippen LogP contribution in [0.2, 0.25) is 0 Å². The zero-order valence-electron chi connectivity index (χ0n) is 15.6. The number of fused-ring (bicyclic) bond motifs is 4. The Balaban J connectivity index is 1.45. The van der Waals surface area contributed by atoms with Gasteiger partial charge >= 0.3 is 0 Å². The fourth-order valence-corrected chi connectivity index (χ4v) is 7.05. The van der Waals surface area contributed by atoms with Gasteiger partial charge in [0, 0.05) is 12.1 Å². The molecule has 0 aromatic heterocycles. The van der Waals surface area contributed by atoms with Crippen LogP contribution in [0, 0.1) is 33.5 Å². The molecule has 4 aliphatic carbocycles. The summed E-state index contributed by atoms with van der Waals surface area (Å²) in [6.45, 7) is 15.1. The molecule has 2 heteroatoms. The van der Waals surface area contributed by atoms with Crippen LogP contribution < -0.4 is 10.9 Å². The Kier molecular flexibility index (Phi) is 3.02. The van der Waals surface area contributed by atoms with Gasteiger partial charge in [-0.3, -0.25) is 10.9 Å². The van der Waals surface area contributed by atoms with Crippen LogP contribution >= 0.6 is 0 Å². The van der Waals surface area contributed by atoms with Crippen LogP contribution in [0.3, 0.4) is 0 Å². The van der Waals surface area contributed by atoms with Gasteiger partial charge in [-0.1, -0.05) is 41.5 Å². The molecule has 2 N–H and O–H groups in total. The van der Waals surface area contributed by atoms with Gasteiger partial charge < -0.3 is 0 Å². The first-order valence-electron chi connectivity index (χ1n) is 9.64. The van der Waals surface area contributed by atoms with Gasteiger partial charge in [-0.25, -0.2) is 0 Å². The molecule has 4 rings (SSSR count). The van der Waals surface area contributed by atoms with Crippen molar-refractivity contribution in [2.45, 2.75) is 92.2 Å². The molecule has 126 valence electrons. The Morgan fingerprint density at radius 2 is 1.00 bits per heavy atom. The molecule has 4 aliphatic rings. The van der Waals surface area contributed by atoms with Crippen molar-refractivity contribution in [1.82, 2.24) is 10.9 Å². The maximum absolute atomic E-state index is 3.85. The molecule has 0 aromatic carbocycles. The van der Waals surface area contributed by atoms with Gasteiger partial charge in [0.2, 0.25) is 0 Å². The number of hydrogen-bond acceptors (Lipinski definition) is 2. The van der Waals surface area contributed by atoms with Crippen molar-refractivity contribution in [3.05, 3.63) is 0 Å². The average Bonchev–Trinajstić information content (AvgIpc) is 2.95. The molecule has 4 fully saturated rings. The molecule has 0 saturated heterocycles. The molecular formula is C20H36N2. The summed E-state index contributed by atoms with van der Waals surface area (Å²) in [4.78, 5) is 0. The Hall–Kier alpha value is -0.0800. The van der Waals surface area contributed by atoms with Gasteiger partial charge in [0.15, 0.2) is 0 Å². The highest BCUT2D eigenvalue weighted by Crippen LogP contribution is 2.66. The van der Waals surface area contributed by atoms with Gasteiger partial charge in [-0.15, -0.1) is 0 Å². The van der Waals surface area contributed by atoms with E-state index in [9.17, 15) is 0 Å². The van der Waals surface area contributed by atoms with Crippen molar-refractivity contribution in [2.24, 2.45) is 33.5 Å². The minimum Gasteiger partial charge on any atom is -0.254 e. The SMILES string of the molecule is CC1(C)C2CCC1(C)C(NNC1CC3CCC1(C)C3(C)C)C2. The lowest BCUT2D eigenvalue weighted by atomic mass is 9.69. The fourth-order valence-electron chi connectivity index (χ4n) is 7.05. The summed E-state index contributed by atoms with van der Waals surface area (Å²) in [5.41, 5.74) is 9.65. The maximum Gasteiger partial charge on any atom is 0.0274 e. The molecule has 0 spiro atoms. The first-order chi connectivity index (χ1) is 10.1. The summed E-state index contributed by atoms with van der Waals surface area (Å²) in [6, 6.07) is 1.32. The normalized spacial score (nSPS) is 54.3. The molecule has 0 aliphatic heterocycles. The second-order valence-corrected chi connectivity index (χ2v) is 10.6. The number of hydrogen-bond donors (Lipinski definition) is 2. The molecule has 0 heterocycles. The van der Waals surface area contributed by atoms with Crippen LogP contribution in [0.4, 0.5) is 0 Å². The van der Waals surface area contributed by atoms with E-state index in [4.69, 9.17) is 0 Å². The molecule has 4 bridgehead atoms. The smallest absolute Gasteiger partial charge is 0.0274 e. The van der Waals surface area contributed by atoms with E-state index in [1.165, 1.54) is 38.5 Å². The van der Waals surface area contributed by atoms with Gasteiger partial charge in [0.1, 0.15) is 0 Å². The summed E-state index contributed by atoms with van der Waals surface area (Å²) in [5.74, 6) is 1.84. The third-order valence-corrected chi connectivity index (χ3v) is 10.0. The molecule has 6 atom stereocenters. The van der Waals surface area contributed by atoms with E-state index in [0.29, 0.717) is 33.7 Å². The molecule has 2 nitrogen and oxygen atoms in total. The van der Waals surface area contributed by atoms with Crippen molar-refractivity contribution in [2.75, 3.05) is 0 Å². The van der Waals surface area contributed by atoms with Gasteiger partial charge in [0.05, 0.1) is 0 Å². The lowest BCUT2D eigenvalue weighted by Gasteiger charge is -2.43. The van der Waals surface area contributed by atoms with Gasteiger partial charge in [-0.2, -0.15) is 0 Å². The number of nitrogens with one attached hydrogen (secondary N) is 2. The van der Waals surface area contributed by atoms with Gasteiger partial charge in [0.25, 0.3) is 0 Å². The Bertz CT molecular complexity index is 438. The van der Waals surface area contributed by atoms with Crippen LogP contribution in [0.25, 0.3) is 0 Å². The third kappa shape index (κ3) is 1.59. The first kappa shape index (κ1) is 15.4. The van der Waals surface area contributed by atoms with Crippen molar-refractivity contribution < 1.29 is 0 Å². The molecule has 0 aromatic rings. The van der Waals surface area contributed by atoms with Crippen LogP contribution in [0.5, 0.6) is 0 Å². The van der Waals surface area contributed by atoms with E-state index in [-0.39, 0.29) is 0 Å². The molecule has 6 unspecified atom stereocenters. The second-order valence-electron chi connectivity index (χ2n) is 10.6. The van der Waals surface area contributed by atoms with Gasteiger partial charge in [-0.05, 0) is 72.0 Å². The Morgan fingerprint density at radius 3 is 1.23 bits per heavy atom. The predicted octanol–water partition coefficient (Wildman–Crippen LogP) is 4.51. The van der Waals surface area contributed by atoms with E-state index in [1.54, 1.807) is 0 Å². The van der Waals surface area contributed by atoms with E-state index in [2.05, 4.69) is 52.4 Å². The summed E-state index contributed by atoms with van der Waals surface area (Å²) in [7, 11) is 0. The van der Waals surface area contributed by atoms with E-state index in [0.717, 1.165) is 11.8 Å². The van der Waals surface area contributed by atoms with E-state index < -0.39 is 0 Å². The average molecular weight is 305 g/mol.